The topological polar surface area (TPSA) is 169 Å². The fourth-order valence-electron chi connectivity index (χ4n) is 3.05. The molecule has 1 aliphatic rings. The number of aromatic hydroxyl groups is 1. The quantitative estimate of drug-likeness (QED) is 0.159. The zero-order valence-corrected chi connectivity index (χ0v) is 18.5. The van der Waals surface area contributed by atoms with Crippen LogP contribution in [0.2, 0.25) is 0 Å². The molecule has 1 fully saturated rings. The summed E-state index contributed by atoms with van der Waals surface area (Å²) in [4.78, 5) is 48.3. The van der Waals surface area contributed by atoms with Crippen molar-refractivity contribution < 1.29 is 38.6 Å². The Labute approximate surface area is 189 Å². The van der Waals surface area contributed by atoms with Crippen molar-refractivity contribution in [1.29, 1.82) is 5.26 Å². The highest BCUT2D eigenvalue weighted by molar-refractivity contribution is 6.01. The van der Waals surface area contributed by atoms with Crippen molar-refractivity contribution in [1.82, 2.24) is 4.90 Å². The van der Waals surface area contributed by atoms with Crippen LogP contribution in [0.5, 0.6) is 11.5 Å². The van der Waals surface area contributed by atoms with Crippen LogP contribution < -0.4 is 4.74 Å². The molecule has 0 radical (unpaired) electrons. The van der Waals surface area contributed by atoms with Crippen molar-refractivity contribution in [3.63, 3.8) is 0 Å². The number of nitro groups is 1. The zero-order valence-electron chi connectivity index (χ0n) is 18.5. The van der Waals surface area contributed by atoms with Crippen LogP contribution >= 0.6 is 0 Å². The number of cyclic esters (lactones) is 1. The number of phenols is 1. The molecule has 1 heterocycles. The number of ether oxygens (including phenoxy) is 3. The Morgan fingerprint density at radius 2 is 2.03 bits per heavy atom. The average Bonchev–Trinajstić information content (AvgIpc) is 3.01. The number of nitriles is 1. The van der Waals surface area contributed by atoms with Gasteiger partial charge in [-0.2, -0.15) is 5.26 Å². The van der Waals surface area contributed by atoms with E-state index in [4.69, 9.17) is 14.2 Å². The molecule has 176 valence electrons. The van der Waals surface area contributed by atoms with Crippen LogP contribution in [-0.4, -0.2) is 58.8 Å². The van der Waals surface area contributed by atoms with Crippen molar-refractivity contribution in [2.75, 3.05) is 19.7 Å². The van der Waals surface area contributed by atoms with Gasteiger partial charge < -0.3 is 24.2 Å². The second-order valence-electron chi connectivity index (χ2n) is 7.74. The third-order valence-corrected chi connectivity index (χ3v) is 4.90. The van der Waals surface area contributed by atoms with E-state index in [1.165, 1.54) is 4.90 Å². The molecule has 0 saturated carbocycles. The molecule has 1 aromatic carbocycles. The first kappa shape index (κ1) is 25.1. The van der Waals surface area contributed by atoms with Crippen LogP contribution in [-0.2, 0) is 19.1 Å². The highest BCUT2D eigenvalue weighted by Crippen LogP contribution is 2.38. The molecule has 1 aliphatic heterocycles. The number of likely N-dealkylation sites (N-methyl/N-ethyl adjacent to an activating group) is 1. The molecule has 1 N–H and O–H groups in total. The first-order valence-electron chi connectivity index (χ1n) is 9.92. The Morgan fingerprint density at radius 1 is 1.39 bits per heavy atom. The highest BCUT2D eigenvalue weighted by atomic mass is 16.7. The number of carbonyl (C=O) groups excluding carboxylic acids is 3. The molecule has 0 aliphatic carbocycles. The van der Waals surface area contributed by atoms with Crippen molar-refractivity contribution in [3.8, 4) is 17.6 Å². The lowest BCUT2D eigenvalue weighted by Gasteiger charge is -2.21. The van der Waals surface area contributed by atoms with Gasteiger partial charge in [0, 0.05) is 24.6 Å². The molecule has 12 nitrogen and oxygen atoms in total. The van der Waals surface area contributed by atoms with Crippen LogP contribution in [0.25, 0.3) is 6.08 Å². The highest BCUT2D eigenvalue weighted by Gasteiger charge is 2.47. The zero-order chi connectivity index (χ0) is 24.9. The standard InChI is InChI=1S/C21H23N3O9/c1-5-23(6-2)18(26)13(10-22)7-12-8-14(24(29)30)16(25)15(9-12)32-20(28)33-17-19(27)31-11-21(17,3)4/h7-9,17,25H,5-6,11H2,1-4H3. The Kier molecular flexibility index (Phi) is 7.60. The van der Waals surface area contributed by atoms with Gasteiger partial charge in [0.1, 0.15) is 18.2 Å². The number of nitrogens with zero attached hydrogens (tertiary/aromatic N) is 3. The van der Waals surface area contributed by atoms with Crippen LogP contribution in [0.4, 0.5) is 10.5 Å². The van der Waals surface area contributed by atoms with E-state index in [9.17, 15) is 34.9 Å². The van der Waals surface area contributed by atoms with Crippen LogP contribution in [0, 0.1) is 26.9 Å². The van der Waals surface area contributed by atoms with E-state index >= 15 is 0 Å². The summed E-state index contributed by atoms with van der Waals surface area (Å²) in [6.45, 7) is 7.38. The van der Waals surface area contributed by atoms with Gasteiger partial charge in [-0.1, -0.05) is 13.8 Å². The van der Waals surface area contributed by atoms with E-state index < -0.39 is 51.7 Å². The number of hydrogen-bond acceptors (Lipinski definition) is 10. The fraction of sp³-hybridized carbons (Fsp3) is 0.429. The Morgan fingerprint density at radius 3 is 2.52 bits per heavy atom. The number of benzene rings is 1. The minimum Gasteiger partial charge on any atom is -0.499 e. The lowest BCUT2D eigenvalue weighted by atomic mass is 9.90. The number of phenolic OH excluding ortho intramolecular Hbond substituents is 1. The third kappa shape index (κ3) is 5.57. The lowest BCUT2D eigenvalue weighted by molar-refractivity contribution is -0.385. The number of amides is 1. The van der Waals surface area contributed by atoms with E-state index in [1.54, 1.807) is 33.8 Å². The molecule has 1 atom stereocenters. The van der Waals surface area contributed by atoms with Crippen molar-refractivity contribution in [2.45, 2.75) is 33.8 Å². The molecular weight excluding hydrogens is 438 g/mol. The summed E-state index contributed by atoms with van der Waals surface area (Å²) in [6.07, 6.45) is -1.61. The molecule has 1 amide bonds. The Bertz CT molecular complexity index is 1050. The SMILES string of the molecule is CCN(CC)C(=O)C(C#N)=Cc1cc(OC(=O)OC2C(=O)OCC2(C)C)c(O)c([N+](=O)[O-])c1. The fourth-order valence-corrected chi connectivity index (χ4v) is 3.05. The predicted molar refractivity (Wildman–Crippen MR) is 112 cm³/mol. The van der Waals surface area contributed by atoms with Crippen molar-refractivity contribution in [2.24, 2.45) is 5.41 Å². The van der Waals surface area contributed by atoms with E-state index in [-0.39, 0.29) is 17.7 Å². The number of hydrogen-bond donors (Lipinski definition) is 1. The molecule has 1 saturated heterocycles. The number of rotatable bonds is 7. The summed E-state index contributed by atoms with van der Waals surface area (Å²) >= 11 is 0. The van der Waals surface area contributed by atoms with Gasteiger partial charge in [-0.25, -0.2) is 9.59 Å². The summed E-state index contributed by atoms with van der Waals surface area (Å²) < 4.78 is 14.8. The van der Waals surface area contributed by atoms with Crippen LogP contribution in [0.15, 0.2) is 17.7 Å². The van der Waals surface area contributed by atoms with Crippen LogP contribution in [0.1, 0.15) is 33.3 Å². The first-order chi connectivity index (χ1) is 15.4. The van der Waals surface area contributed by atoms with Gasteiger partial charge in [0.25, 0.3) is 5.91 Å². The minimum atomic E-state index is -1.41. The maximum atomic E-state index is 12.5. The summed E-state index contributed by atoms with van der Waals surface area (Å²) in [5.74, 6) is -3.01. The van der Waals surface area contributed by atoms with Crippen LogP contribution in [0.3, 0.4) is 0 Å². The molecule has 0 bridgehead atoms. The Balaban J connectivity index is 2.41. The second-order valence-corrected chi connectivity index (χ2v) is 7.74. The average molecular weight is 461 g/mol. The normalized spacial score (nSPS) is 17.0. The largest absolute Gasteiger partial charge is 0.514 e. The molecule has 0 spiro atoms. The lowest BCUT2D eigenvalue weighted by Crippen LogP contribution is -2.35. The summed E-state index contributed by atoms with van der Waals surface area (Å²) in [7, 11) is 0. The first-order valence-corrected chi connectivity index (χ1v) is 9.92. The molecule has 12 heteroatoms. The summed E-state index contributed by atoms with van der Waals surface area (Å²) in [5.41, 5.74) is -2.04. The monoisotopic (exact) mass is 461 g/mol. The van der Waals surface area contributed by atoms with Gasteiger partial charge in [0.15, 0.2) is 5.75 Å². The smallest absolute Gasteiger partial charge is 0.499 e. The number of nitro benzene ring substituents is 1. The molecule has 1 aromatic rings. The van der Waals surface area contributed by atoms with E-state index in [0.29, 0.717) is 13.1 Å². The predicted octanol–water partition coefficient (Wildman–Crippen LogP) is 2.54. The van der Waals surface area contributed by atoms with Gasteiger partial charge in [0.2, 0.25) is 11.9 Å². The molecule has 33 heavy (non-hydrogen) atoms. The molecular formula is C21H23N3O9. The molecule has 2 rings (SSSR count). The van der Waals surface area contributed by atoms with E-state index in [2.05, 4.69) is 0 Å². The second kappa shape index (κ2) is 9.99. The summed E-state index contributed by atoms with van der Waals surface area (Å²) in [5, 5.41) is 30.9. The molecule has 0 aromatic heterocycles. The summed E-state index contributed by atoms with van der Waals surface area (Å²) in [6, 6.07) is 3.68. The maximum Gasteiger partial charge on any atom is 0.514 e. The maximum absolute atomic E-state index is 12.5. The third-order valence-electron chi connectivity index (χ3n) is 4.90. The number of esters is 1. The van der Waals surface area contributed by atoms with E-state index in [0.717, 1.165) is 18.2 Å². The molecule has 1 unspecified atom stereocenters. The van der Waals surface area contributed by atoms with E-state index in [1.807, 2.05) is 0 Å². The Hall–Kier alpha value is -4.14. The van der Waals surface area contributed by atoms with Gasteiger partial charge >= 0.3 is 17.8 Å². The van der Waals surface area contributed by atoms with Crippen molar-refractivity contribution in [3.05, 3.63) is 33.4 Å². The minimum absolute atomic E-state index is 0.0122. The number of carbonyl (C=O) groups is 3. The van der Waals surface area contributed by atoms with Crippen molar-refractivity contribution >= 4 is 29.8 Å². The van der Waals surface area contributed by atoms with Gasteiger partial charge in [-0.3, -0.25) is 14.9 Å². The van der Waals surface area contributed by atoms with Gasteiger partial charge in [-0.15, -0.1) is 0 Å². The van der Waals surface area contributed by atoms with Gasteiger partial charge in [0.05, 0.1) is 4.92 Å². The van der Waals surface area contributed by atoms with Gasteiger partial charge in [-0.05, 0) is 31.6 Å².